The number of hydrogen-bond acceptors (Lipinski definition) is 5. The zero-order valence-corrected chi connectivity index (χ0v) is 16.6. The number of hydrogen-bond donors (Lipinski definition) is 1. The first-order valence-electron chi connectivity index (χ1n) is 9.84. The van der Waals surface area contributed by atoms with Gasteiger partial charge in [0.15, 0.2) is 0 Å². The molecule has 0 bridgehead atoms. The highest BCUT2D eigenvalue weighted by atomic mass is 16.2. The van der Waals surface area contributed by atoms with E-state index in [1.165, 1.54) is 0 Å². The number of piperidine rings is 1. The number of carbonyl (C=O) groups excluding carboxylic acids is 1. The van der Waals surface area contributed by atoms with Crippen LogP contribution in [0.25, 0.3) is 11.0 Å². The Labute approximate surface area is 164 Å². The fourth-order valence-electron chi connectivity index (χ4n) is 4.02. The van der Waals surface area contributed by atoms with Crippen LogP contribution in [0.4, 0.5) is 5.95 Å². The van der Waals surface area contributed by atoms with Gasteiger partial charge in [0.2, 0.25) is 5.95 Å². The first-order chi connectivity index (χ1) is 13.6. The quantitative estimate of drug-likeness (QED) is 0.752. The first-order valence-corrected chi connectivity index (χ1v) is 9.84. The minimum atomic E-state index is -0.0143. The molecule has 2 aromatic heterocycles. The Morgan fingerprint density at radius 3 is 2.68 bits per heavy atom. The van der Waals surface area contributed by atoms with Crippen molar-refractivity contribution in [3.8, 4) is 0 Å². The lowest BCUT2D eigenvalue weighted by molar-refractivity contribution is 0.0702. The van der Waals surface area contributed by atoms with E-state index in [9.17, 15) is 4.79 Å². The number of benzene rings is 1. The molecule has 0 unspecified atom stereocenters. The maximum absolute atomic E-state index is 13.0. The van der Waals surface area contributed by atoms with E-state index in [-0.39, 0.29) is 11.8 Å². The Morgan fingerprint density at radius 1 is 1.21 bits per heavy atom. The van der Waals surface area contributed by atoms with Gasteiger partial charge in [-0.25, -0.2) is 15.0 Å². The molecule has 0 spiro atoms. The summed E-state index contributed by atoms with van der Waals surface area (Å²) in [7, 11) is 1.76. The number of amides is 1. The third-order valence-corrected chi connectivity index (χ3v) is 5.34. The largest absolute Gasteiger partial charge is 0.357 e. The van der Waals surface area contributed by atoms with Gasteiger partial charge >= 0.3 is 0 Å². The van der Waals surface area contributed by atoms with Crippen LogP contribution in [-0.4, -0.2) is 50.5 Å². The zero-order chi connectivity index (χ0) is 19.7. The van der Waals surface area contributed by atoms with Gasteiger partial charge in [-0.05, 0) is 38.8 Å². The van der Waals surface area contributed by atoms with Crippen LogP contribution in [0.1, 0.15) is 54.8 Å². The molecule has 1 atom stereocenters. The highest BCUT2D eigenvalue weighted by molar-refractivity contribution is 5.93. The van der Waals surface area contributed by atoms with Gasteiger partial charge < -0.3 is 14.8 Å². The SMILES string of the molecule is CNc1ncc(C(=O)N2CCC[C@H](c3nc4ccccc4n3C(C)C)C2)cn1. The maximum Gasteiger partial charge on any atom is 0.257 e. The molecule has 1 saturated heterocycles. The van der Waals surface area contributed by atoms with Crippen molar-refractivity contribution in [3.63, 3.8) is 0 Å². The van der Waals surface area contributed by atoms with Gasteiger partial charge in [-0.15, -0.1) is 0 Å². The normalized spacial score (nSPS) is 17.3. The van der Waals surface area contributed by atoms with E-state index in [1.807, 2.05) is 11.0 Å². The number of rotatable bonds is 4. The Bertz CT molecular complexity index is 978. The summed E-state index contributed by atoms with van der Waals surface area (Å²) in [5.74, 6) is 1.80. The van der Waals surface area contributed by atoms with Gasteiger partial charge in [0.1, 0.15) is 5.82 Å². The summed E-state index contributed by atoms with van der Waals surface area (Å²) < 4.78 is 2.32. The number of carbonyl (C=O) groups is 1. The number of para-hydroxylation sites is 2. The molecule has 28 heavy (non-hydrogen) atoms. The standard InChI is InChI=1S/C21H26N6O/c1-14(2)27-18-9-5-4-8-17(18)25-19(27)15-7-6-10-26(13-15)20(28)16-11-23-21(22-3)24-12-16/h4-5,8-9,11-12,14-15H,6-7,10,13H2,1-3H3,(H,22,23,24)/t15-/m0/s1. The van der Waals surface area contributed by atoms with E-state index < -0.39 is 0 Å². The molecule has 1 N–H and O–H groups in total. The highest BCUT2D eigenvalue weighted by Gasteiger charge is 2.29. The fourth-order valence-corrected chi connectivity index (χ4v) is 4.02. The molecule has 0 aliphatic carbocycles. The molecule has 1 fully saturated rings. The number of anilines is 1. The molecule has 3 heterocycles. The van der Waals surface area contributed by atoms with Crippen molar-refractivity contribution in [2.24, 2.45) is 0 Å². The molecule has 0 saturated carbocycles. The van der Waals surface area contributed by atoms with Crippen LogP contribution in [0.3, 0.4) is 0 Å². The van der Waals surface area contributed by atoms with Crippen molar-refractivity contribution in [1.82, 2.24) is 24.4 Å². The van der Waals surface area contributed by atoms with Crippen LogP contribution in [0, 0.1) is 0 Å². The van der Waals surface area contributed by atoms with E-state index in [1.54, 1.807) is 19.4 Å². The molecule has 1 aliphatic heterocycles. The van der Waals surface area contributed by atoms with Gasteiger partial charge in [-0.1, -0.05) is 12.1 Å². The Morgan fingerprint density at radius 2 is 1.96 bits per heavy atom. The number of imidazole rings is 1. The third-order valence-electron chi connectivity index (χ3n) is 5.34. The van der Waals surface area contributed by atoms with Gasteiger partial charge in [0.25, 0.3) is 5.91 Å². The second kappa shape index (κ2) is 7.58. The maximum atomic E-state index is 13.0. The fraction of sp³-hybridized carbons (Fsp3) is 0.429. The molecular weight excluding hydrogens is 352 g/mol. The van der Waals surface area contributed by atoms with E-state index in [2.05, 4.69) is 51.9 Å². The third kappa shape index (κ3) is 3.32. The Hall–Kier alpha value is -2.96. The summed E-state index contributed by atoms with van der Waals surface area (Å²) in [5, 5.41) is 2.87. The number of fused-ring (bicyclic) bond motifs is 1. The molecule has 1 amide bonds. The number of aromatic nitrogens is 4. The molecule has 4 rings (SSSR count). The molecule has 1 aliphatic rings. The van der Waals surface area contributed by atoms with Crippen LogP contribution >= 0.6 is 0 Å². The van der Waals surface area contributed by atoms with E-state index in [0.717, 1.165) is 36.2 Å². The average Bonchev–Trinajstić information content (AvgIpc) is 3.13. The van der Waals surface area contributed by atoms with Gasteiger partial charge in [0, 0.05) is 44.5 Å². The zero-order valence-electron chi connectivity index (χ0n) is 16.6. The number of nitrogens with one attached hydrogen (secondary N) is 1. The second-order valence-electron chi connectivity index (χ2n) is 7.56. The average molecular weight is 378 g/mol. The van der Waals surface area contributed by atoms with Crippen LogP contribution < -0.4 is 5.32 Å². The minimum absolute atomic E-state index is 0.0143. The van der Waals surface area contributed by atoms with Crippen LogP contribution in [-0.2, 0) is 0 Å². The van der Waals surface area contributed by atoms with Crippen LogP contribution in [0.15, 0.2) is 36.7 Å². The Kier molecular flexibility index (Phi) is 4.98. The first kappa shape index (κ1) is 18.4. The molecule has 1 aromatic carbocycles. The monoisotopic (exact) mass is 378 g/mol. The summed E-state index contributed by atoms with van der Waals surface area (Å²) in [6, 6.07) is 8.58. The van der Waals surface area contributed by atoms with Crippen molar-refractivity contribution >= 4 is 22.9 Å². The molecule has 3 aromatic rings. The molecular formula is C21H26N6O. The highest BCUT2D eigenvalue weighted by Crippen LogP contribution is 2.32. The summed E-state index contributed by atoms with van der Waals surface area (Å²) in [4.78, 5) is 28.2. The topological polar surface area (TPSA) is 75.9 Å². The molecule has 7 nitrogen and oxygen atoms in total. The van der Waals surface area contributed by atoms with Crippen molar-refractivity contribution in [2.45, 2.75) is 38.6 Å². The number of likely N-dealkylation sites (tertiary alicyclic amines) is 1. The summed E-state index contributed by atoms with van der Waals surface area (Å²) >= 11 is 0. The number of nitrogens with zero attached hydrogens (tertiary/aromatic N) is 5. The van der Waals surface area contributed by atoms with E-state index in [0.29, 0.717) is 24.1 Å². The predicted molar refractivity (Wildman–Crippen MR) is 110 cm³/mol. The smallest absolute Gasteiger partial charge is 0.257 e. The van der Waals surface area contributed by atoms with Crippen molar-refractivity contribution in [2.75, 3.05) is 25.5 Å². The lowest BCUT2D eigenvalue weighted by Gasteiger charge is -2.33. The summed E-state index contributed by atoms with van der Waals surface area (Å²) in [6.45, 7) is 5.79. The van der Waals surface area contributed by atoms with Crippen LogP contribution in [0.2, 0.25) is 0 Å². The van der Waals surface area contributed by atoms with Gasteiger partial charge in [-0.2, -0.15) is 0 Å². The van der Waals surface area contributed by atoms with Crippen molar-refractivity contribution < 1.29 is 4.79 Å². The Balaban J connectivity index is 1.61. The minimum Gasteiger partial charge on any atom is -0.357 e. The van der Waals surface area contributed by atoms with Crippen molar-refractivity contribution in [1.29, 1.82) is 0 Å². The lowest BCUT2D eigenvalue weighted by atomic mass is 9.96. The molecule has 7 heteroatoms. The van der Waals surface area contributed by atoms with Gasteiger partial charge in [-0.3, -0.25) is 4.79 Å². The van der Waals surface area contributed by atoms with E-state index in [4.69, 9.17) is 4.98 Å². The second-order valence-corrected chi connectivity index (χ2v) is 7.56. The van der Waals surface area contributed by atoms with Crippen LogP contribution in [0.5, 0.6) is 0 Å². The predicted octanol–water partition coefficient (Wildman–Crippen LogP) is 3.47. The lowest BCUT2D eigenvalue weighted by Crippen LogP contribution is -2.40. The molecule has 146 valence electrons. The van der Waals surface area contributed by atoms with E-state index >= 15 is 0 Å². The summed E-state index contributed by atoms with van der Waals surface area (Å²) in [5.41, 5.74) is 2.70. The van der Waals surface area contributed by atoms with Crippen molar-refractivity contribution in [3.05, 3.63) is 48.0 Å². The summed E-state index contributed by atoms with van der Waals surface area (Å²) in [6.07, 6.45) is 5.18. The van der Waals surface area contributed by atoms with Gasteiger partial charge in [0.05, 0.1) is 16.6 Å². The molecule has 0 radical (unpaired) electrons.